The van der Waals surface area contributed by atoms with E-state index in [4.69, 9.17) is 0 Å². The molecule has 0 saturated heterocycles. The van der Waals surface area contributed by atoms with Gasteiger partial charge >= 0.3 is 0 Å². The molecule has 1 heterocycles. The number of aryl methyl sites for hydroxylation is 1. The Hall–Kier alpha value is -2.28. The summed E-state index contributed by atoms with van der Waals surface area (Å²) >= 11 is 0. The first-order valence-corrected chi connectivity index (χ1v) is 7.70. The highest BCUT2D eigenvalue weighted by atomic mass is 19.1. The van der Waals surface area contributed by atoms with Gasteiger partial charge in [-0.15, -0.1) is 0 Å². The quantitative estimate of drug-likeness (QED) is 0.881. The molecule has 2 N–H and O–H groups in total. The van der Waals surface area contributed by atoms with Crippen molar-refractivity contribution in [2.75, 3.05) is 6.54 Å². The standard InChI is InChI=1S/C17H21F2N3O2/c1-9(2)15(23)8-20-17(24)16-10(3)21-22(11(16)4)14-6-5-12(18)7-13(14)19/h5-7,9,15,23H,8H2,1-4H3,(H,20,24). The second-order valence-electron chi connectivity index (χ2n) is 6.07. The van der Waals surface area contributed by atoms with Crippen LogP contribution in [0.25, 0.3) is 5.69 Å². The molecule has 0 aliphatic carbocycles. The molecule has 0 spiro atoms. The first-order chi connectivity index (χ1) is 11.2. The maximum Gasteiger partial charge on any atom is 0.255 e. The molecule has 0 bridgehead atoms. The van der Waals surface area contributed by atoms with Gasteiger partial charge in [0, 0.05) is 12.6 Å². The van der Waals surface area contributed by atoms with Crippen molar-refractivity contribution in [3.63, 3.8) is 0 Å². The molecule has 2 rings (SSSR count). The number of nitrogens with zero attached hydrogens (tertiary/aromatic N) is 2. The molecule has 2 aromatic rings. The van der Waals surface area contributed by atoms with Crippen molar-refractivity contribution in [2.24, 2.45) is 5.92 Å². The van der Waals surface area contributed by atoms with Gasteiger partial charge in [0.2, 0.25) is 0 Å². The van der Waals surface area contributed by atoms with Crippen LogP contribution in [0.2, 0.25) is 0 Å². The Labute approximate surface area is 139 Å². The minimum atomic E-state index is -0.761. The third kappa shape index (κ3) is 3.62. The van der Waals surface area contributed by atoms with E-state index in [0.717, 1.165) is 12.1 Å². The molecule has 0 aliphatic rings. The molecule has 5 nitrogen and oxygen atoms in total. The minimum absolute atomic E-state index is 0.0172. The van der Waals surface area contributed by atoms with Gasteiger partial charge in [-0.1, -0.05) is 13.8 Å². The Bertz CT molecular complexity index is 757. The predicted octanol–water partition coefficient (Wildman–Crippen LogP) is 2.51. The van der Waals surface area contributed by atoms with Crippen molar-refractivity contribution in [3.8, 4) is 5.69 Å². The number of benzene rings is 1. The summed E-state index contributed by atoms with van der Waals surface area (Å²) in [7, 11) is 0. The van der Waals surface area contributed by atoms with Crippen LogP contribution in [0.5, 0.6) is 0 Å². The van der Waals surface area contributed by atoms with Gasteiger partial charge in [0.25, 0.3) is 5.91 Å². The zero-order valence-corrected chi connectivity index (χ0v) is 14.1. The fourth-order valence-corrected chi connectivity index (χ4v) is 2.38. The fraction of sp³-hybridized carbons (Fsp3) is 0.412. The number of aliphatic hydroxyl groups excluding tert-OH is 1. The van der Waals surface area contributed by atoms with Crippen LogP contribution in [0.4, 0.5) is 8.78 Å². The molecule has 0 aliphatic heterocycles. The van der Waals surface area contributed by atoms with Gasteiger partial charge in [0.05, 0.1) is 23.1 Å². The van der Waals surface area contributed by atoms with Crippen molar-refractivity contribution in [1.29, 1.82) is 0 Å². The number of aliphatic hydroxyl groups is 1. The smallest absolute Gasteiger partial charge is 0.255 e. The summed E-state index contributed by atoms with van der Waals surface area (Å²) in [4.78, 5) is 12.4. The minimum Gasteiger partial charge on any atom is -0.391 e. The lowest BCUT2D eigenvalue weighted by Crippen LogP contribution is -2.35. The summed E-state index contributed by atoms with van der Waals surface area (Å²) < 4.78 is 28.3. The SMILES string of the molecule is Cc1nn(-c2ccc(F)cc2F)c(C)c1C(=O)NCC(O)C(C)C. The lowest BCUT2D eigenvalue weighted by atomic mass is 10.1. The van der Waals surface area contributed by atoms with E-state index in [1.165, 1.54) is 10.7 Å². The zero-order valence-electron chi connectivity index (χ0n) is 14.1. The molecule has 0 fully saturated rings. The second-order valence-corrected chi connectivity index (χ2v) is 6.07. The number of rotatable bonds is 5. The largest absolute Gasteiger partial charge is 0.391 e. The first-order valence-electron chi connectivity index (χ1n) is 7.70. The van der Waals surface area contributed by atoms with Gasteiger partial charge in [-0.05, 0) is 31.9 Å². The molecule has 7 heteroatoms. The topological polar surface area (TPSA) is 67.2 Å². The average molecular weight is 337 g/mol. The Morgan fingerprint density at radius 2 is 2.00 bits per heavy atom. The van der Waals surface area contributed by atoms with Crippen LogP contribution in [0.3, 0.4) is 0 Å². The van der Waals surface area contributed by atoms with E-state index >= 15 is 0 Å². The summed E-state index contributed by atoms with van der Waals surface area (Å²) in [5, 5.41) is 16.6. The van der Waals surface area contributed by atoms with Crippen molar-refractivity contribution < 1.29 is 18.7 Å². The Kier molecular flexibility index (Phi) is 5.33. The summed E-state index contributed by atoms with van der Waals surface area (Å²) in [6.07, 6.45) is -0.654. The van der Waals surface area contributed by atoms with Crippen LogP contribution in [-0.4, -0.2) is 33.4 Å². The molecule has 24 heavy (non-hydrogen) atoms. The highest BCUT2D eigenvalue weighted by molar-refractivity contribution is 5.96. The lowest BCUT2D eigenvalue weighted by molar-refractivity contribution is 0.0870. The first kappa shape index (κ1) is 18.1. The van der Waals surface area contributed by atoms with E-state index in [1.54, 1.807) is 13.8 Å². The highest BCUT2D eigenvalue weighted by Gasteiger charge is 2.21. The number of hydrogen-bond donors (Lipinski definition) is 2. The Morgan fingerprint density at radius 1 is 1.33 bits per heavy atom. The van der Waals surface area contributed by atoms with Crippen molar-refractivity contribution in [3.05, 3.63) is 46.8 Å². The van der Waals surface area contributed by atoms with Gasteiger partial charge in [-0.25, -0.2) is 13.5 Å². The van der Waals surface area contributed by atoms with Gasteiger partial charge in [0.1, 0.15) is 11.5 Å². The lowest BCUT2D eigenvalue weighted by Gasteiger charge is -2.15. The van der Waals surface area contributed by atoms with E-state index in [2.05, 4.69) is 10.4 Å². The van der Waals surface area contributed by atoms with E-state index in [9.17, 15) is 18.7 Å². The Morgan fingerprint density at radius 3 is 2.58 bits per heavy atom. The average Bonchev–Trinajstić information content (AvgIpc) is 2.79. The zero-order chi connectivity index (χ0) is 18.0. The summed E-state index contributed by atoms with van der Waals surface area (Å²) in [5.74, 6) is -1.82. The third-order valence-corrected chi connectivity index (χ3v) is 3.90. The van der Waals surface area contributed by atoms with Crippen LogP contribution >= 0.6 is 0 Å². The van der Waals surface area contributed by atoms with E-state index in [1.807, 2.05) is 13.8 Å². The molecule has 0 radical (unpaired) electrons. The van der Waals surface area contributed by atoms with Crippen LogP contribution < -0.4 is 5.32 Å². The van der Waals surface area contributed by atoms with E-state index in [-0.39, 0.29) is 18.2 Å². The fourth-order valence-electron chi connectivity index (χ4n) is 2.38. The van der Waals surface area contributed by atoms with Crippen LogP contribution in [-0.2, 0) is 0 Å². The van der Waals surface area contributed by atoms with Crippen LogP contribution in [0.15, 0.2) is 18.2 Å². The number of nitrogens with one attached hydrogen (secondary N) is 1. The summed E-state index contributed by atoms with van der Waals surface area (Å²) in [6, 6.07) is 3.17. The van der Waals surface area contributed by atoms with Crippen LogP contribution in [0.1, 0.15) is 35.6 Å². The number of hydrogen-bond acceptors (Lipinski definition) is 3. The number of halogens is 2. The Balaban J connectivity index is 2.30. The van der Waals surface area contributed by atoms with Crippen LogP contribution in [0, 0.1) is 31.4 Å². The van der Waals surface area contributed by atoms with Crippen molar-refractivity contribution >= 4 is 5.91 Å². The molecule has 1 aromatic heterocycles. The van der Waals surface area contributed by atoms with E-state index < -0.39 is 23.6 Å². The second kappa shape index (κ2) is 7.09. The summed E-state index contributed by atoms with van der Waals surface area (Å²) in [6.45, 7) is 7.09. The molecule has 1 aromatic carbocycles. The number of aromatic nitrogens is 2. The number of carbonyl (C=O) groups excluding carboxylic acids is 1. The molecule has 1 atom stereocenters. The maximum atomic E-state index is 14.0. The molecule has 1 unspecified atom stereocenters. The number of amides is 1. The van der Waals surface area contributed by atoms with Gasteiger partial charge in [0.15, 0.2) is 5.82 Å². The predicted molar refractivity (Wildman–Crippen MR) is 86.1 cm³/mol. The molecule has 0 saturated carbocycles. The maximum absolute atomic E-state index is 14.0. The third-order valence-electron chi connectivity index (χ3n) is 3.90. The van der Waals surface area contributed by atoms with Crippen molar-refractivity contribution in [1.82, 2.24) is 15.1 Å². The van der Waals surface area contributed by atoms with Crippen molar-refractivity contribution in [2.45, 2.75) is 33.8 Å². The molecule has 130 valence electrons. The molecular formula is C17H21F2N3O2. The summed E-state index contributed by atoms with van der Waals surface area (Å²) in [5.41, 5.74) is 1.25. The number of carbonyl (C=O) groups is 1. The van der Waals surface area contributed by atoms with Gasteiger partial charge in [-0.3, -0.25) is 4.79 Å². The van der Waals surface area contributed by atoms with Gasteiger partial charge < -0.3 is 10.4 Å². The van der Waals surface area contributed by atoms with E-state index in [0.29, 0.717) is 17.0 Å². The molecule has 1 amide bonds. The monoisotopic (exact) mass is 337 g/mol. The van der Waals surface area contributed by atoms with Gasteiger partial charge in [-0.2, -0.15) is 5.10 Å². The highest BCUT2D eigenvalue weighted by Crippen LogP contribution is 2.20. The normalized spacial score (nSPS) is 12.5. The molecular weight excluding hydrogens is 316 g/mol.